The lowest BCUT2D eigenvalue weighted by atomic mass is 10.1. The minimum atomic E-state index is -0.177. The van der Waals surface area contributed by atoms with Crippen LogP contribution in [0.25, 0.3) is 10.9 Å². The molecule has 0 unspecified atom stereocenters. The lowest BCUT2D eigenvalue weighted by molar-refractivity contribution is 0.0951. The van der Waals surface area contributed by atoms with Crippen molar-refractivity contribution >= 4 is 29.4 Å². The second kappa shape index (κ2) is 7.14. The molecular weight excluding hydrogens is 272 g/mol. The molecule has 0 aliphatic carbocycles. The number of para-hydroxylation sites is 1. The second-order valence-electron chi connectivity index (χ2n) is 4.36. The summed E-state index contributed by atoms with van der Waals surface area (Å²) >= 11 is 4.09. The number of thiol groups is 1. The fourth-order valence-electron chi connectivity index (χ4n) is 1.83. The molecule has 0 radical (unpaired) electrons. The van der Waals surface area contributed by atoms with Gasteiger partial charge in [-0.1, -0.05) is 25.1 Å². The number of benzene rings is 1. The molecule has 0 aliphatic heterocycles. The van der Waals surface area contributed by atoms with Crippen LogP contribution in [0, 0.1) is 0 Å². The van der Waals surface area contributed by atoms with Crippen LogP contribution in [-0.4, -0.2) is 29.8 Å². The molecule has 0 bridgehead atoms. The molecule has 5 heteroatoms. The van der Waals surface area contributed by atoms with Crippen LogP contribution in [-0.2, 0) is 0 Å². The largest absolute Gasteiger partial charge is 0.477 e. The van der Waals surface area contributed by atoms with Gasteiger partial charge >= 0.3 is 0 Å². The van der Waals surface area contributed by atoms with Gasteiger partial charge in [0, 0.05) is 17.7 Å². The normalized spacial score (nSPS) is 10.5. The van der Waals surface area contributed by atoms with Crippen LogP contribution < -0.4 is 10.1 Å². The van der Waals surface area contributed by atoms with Gasteiger partial charge in [-0.05, 0) is 18.6 Å². The van der Waals surface area contributed by atoms with Crippen molar-refractivity contribution in [1.82, 2.24) is 10.3 Å². The molecule has 2 rings (SSSR count). The average molecular weight is 290 g/mol. The molecule has 0 fully saturated rings. The summed E-state index contributed by atoms with van der Waals surface area (Å²) in [5.41, 5.74) is 1.29. The van der Waals surface area contributed by atoms with E-state index < -0.39 is 0 Å². The third kappa shape index (κ3) is 3.42. The van der Waals surface area contributed by atoms with E-state index in [1.165, 1.54) is 0 Å². The Labute approximate surface area is 124 Å². The lowest BCUT2D eigenvalue weighted by Crippen LogP contribution is -2.26. The quantitative estimate of drug-likeness (QED) is 0.804. The number of hydrogen-bond donors (Lipinski definition) is 2. The van der Waals surface area contributed by atoms with E-state index in [-0.39, 0.29) is 5.91 Å². The highest BCUT2D eigenvalue weighted by Crippen LogP contribution is 2.22. The zero-order chi connectivity index (χ0) is 14.4. The van der Waals surface area contributed by atoms with Crippen LogP contribution in [0.1, 0.15) is 23.7 Å². The molecule has 20 heavy (non-hydrogen) atoms. The Bertz CT molecular complexity index is 601. The summed E-state index contributed by atoms with van der Waals surface area (Å²) in [6, 6.07) is 9.50. The highest BCUT2D eigenvalue weighted by Gasteiger charge is 2.15. The molecule has 1 heterocycles. The van der Waals surface area contributed by atoms with E-state index in [0.29, 0.717) is 30.3 Å². The number of fused-ring (bicyclic) bond motifs is 1. The van der Waals surface area contributed by atoms with Crippen LogP contribution in [0.5, 0.6) is 5.88 Å². The van der Waals surface area contributed by atoms with E-state index in [0.717, 1.165) is 17.3 Å². The Morgan fingerprint density at radius 3 is 2.95 bits per heavy atom. The monoisotopic (exact) mass is 290 g/mol. The van der Waals surface area contributed by atoms with E-state index in [1.807, 2.05) is 37.3 Å². The van der Waals surface area contributed by atoms with Gasteiger partial charge in [0.2, 0.25) is 5.88 Å². The molecule has 0 atom stereocenters. The predicted molar refractivity (Wildman–Crippen MR) is 83.7 cm³/mol. The van der Waals surface area contributed by atoms with Crippen molar-refractivity contribution in [3.63, 3.8) is 0 Å². The number of amides is 1. The number of ether oxygens (including phenoxy) is 1. The molecule has 1 amide bonds. The first kappa shape index (κ1) is 14.7. The zero-order valence-electron chi connectivity index (χ0n) is 11.4. The van der Waals surface area contributed by atoms with Crippen LogP contribution in [0.2, 0.25) is 0 Å². The van der Waals surface area contributed by atoms with E-state index in [9.17, 15) is 4.79 Å². The van der Waals surface area contributed by atoms with Crippen molar-refractivity contribution in [3.05, 3.63) is 35.9 Å². The third-order valence-electron chi connectivity index (χ3n) is 2.77. The summed E-state index contributed by atoms with van der Waals surface area (Å²) in [4.78, 5) is 16.6. The first-order valence-corrected chi connectivity index (χ1v) is 7.31. The standard InChI is InChI=1S/C15H18N2O2S/c1-2-8-19-15-12(14(18)16-7-9-20)10-11-5-3-4-6-13(11)17-15/h3-6,10,20H,2,7-9H2,1H3,(H,16,18). The third-order valence-corrected chi connectivity index (χ3v) is 3.00. The Kier molecular flexibility index (Phi) is 5.24. The van der Waals surface area contributed by atoms with Crippen molar-refractivity contribution in [2.45, 2.75) is 13.3 Å². The van der Waals surface area contributed by atoms with Gasteiger partial charge in [-0.3, -0.25) is 4.79 Å². The highest BCUT2D eigenvalue weighted by molar-refractivity contribution is 7.80. The summed E-state index contributed by atoms with van der Waals surface area (Å²) in [6.45, 7) is 3.07. The topological polar surface area (TPSA) is 51.2 Å². The van der Waals surface area contributed by atoms with Crippen LogP contribution in [0.4, 0.5) is 0 Å². The lowest BCUT2D eigenvalue weighted by Gasteiger charge is -2.11. The first-order valence-electron chi connectivity index (χ1n) is 6.68. The van der Waals surface area contributed by atoms with Gasteiger partial charge in [-0.25, -0.2) is 4.98 Å². The van der Waals surface area contributed by atoms with Crippen molar-refractivity contribution in [3.8, 4) is 5.88 Å². The molecule has 1 aromatic carbocycles. The van der Waals surface area contributed by atoms with Crippen LogP contribution >= 0.6 is 12.6 Å². The molecule has 0 saturated heterocycles. The molecule has 0 aliphatic rings. The van der Waals surface area contributed by atoms with E-state index in [4.69, 9.17) is 4.74 Å². The minimum absolute atomic E-state index is 0.177. The summed E-state index contributed by atoms with van der Waals surface area (Å²) in [5, 5.41) is 3.72. The van der Waals surface area contributed by atoms with Gasteiger partial charge in [-0.15, -0.1) is 0 Å². The maximum absolute atomic E-state index is 12.2. The zero-order valence-corrected chi connectivity index (χ0v) is 12.3. The van der Waals surface area contributed by atoms with Crippen molar-refractivity contribution < 1.29 is 9.53 Å². The second-order valence-corrected chi connectivity index (χ2v) is 4.81. The predicted octanol–water partition coefficient (Wildman–Crippen LogP) is 2.68. The number of nitrogens with zero attached hydrogens (tertiary/aromatic N) is 1. The number of pyridine rings is 1. The molecule has 1 aromatic heterocycles. The van der Waals surface area contributed by atoms with E-state index in [1.54, 1.807) is 0 Å². The van der Waals surface area contributed by atoms with Crippen LogP contribution in [0.3, 0.4) is 0 Å². The van der Waals surface area contributed by atoms with Gasteiger partial charge in [0.05, 0.1) is 12.1 Å². The molecule has 0 saturated carbocycles. The Hall–Kier alpha value is -1.75. The number of hydrogen-bond acceptors (Lipinski definition) is 4. The summed E-state index contributed by atoms with van der Waals surface area (Å²) in [5.74, 6) is 0.809. The Balaban J connectivity index is 2.39. The smallest absolute Gasteiger partial charge is 0.256 e. The van der Waals surface area contributed by atoms with Gasteiger partial charge < -0.3 is 10.1 Å². The van der Waals surface area contributed by atoms with E-state index >= 15 is 0 Å². The van der Waals surface area contributed by atoms with Crippen molar-refractivity contribution in [1.29, 1.82) is 0 Å². The van der Waals surface area contributed by atoms with Gasteiger partial charge in [0.25, 0.3) is 5.91 Å². The summed E-state index contributed by atoms with van der Waals surface area (Å²) in [6.07, 6.45) is 0.867. The number of aromatic nitrogens is 1. The van der Waals surface area contributed by atoms with Gasteiger partial charge in [-0.2, -0.15) is 12.6 Å². The van der Waals surface area contributed by atoms with E-state index in [2.05, 4.69) is 22.9 Å². The summed E-state index contributed by atoms with van der Waals surface area (Å²) < 4.78 is 5.60. The van der Waals surface area contributed by atoms with Gasteiger partial charge in [0.1, 0.15) is 5.56 Å². The Morgan fingerprint density at radius 2 is 2.20 bits per heavy atom. The number of rotatable bonds is 6. The SMILES string of the molecule is CCCOc1nc2ccccc2cc1C(=O)NCCS. The van der Waals surface area contributed by atoms with Crippen LogP contribution in [0.15, 0.2) is 30.3 Å². The average Bonchev–Trinajstić information content (AvgIpc) is 2.49. The van der Waals surface area contributed by atoms with Crippen molar-refractivity contribution in [2.24, 2.45) is 0 Å². The molecule has 4 nitrogen and oxygen atoms in total. The Morgan fingerprint density at radius 1 is 1.40 bits per heavy atom. The molecule has 1 N–H and O–H groups in total. The molecular formula is C15H18N2O2S. The maximum atomic E-state index is 12.2. The molecule has 106 valence electrons. The van der Waals surface area contributed by atoms with Crippen molar-refractivity contribution in [2.75, 3.05) is 18.9 Å². The molecule has 0 spiro atoms. The maximum Gasteiger partial charge on any atom is 0.256 e. The highest BCUT2D eigenvalue weighted by atomic mass is 32.1. The number of carbonyl (C=O) groups excluding carboxylic acids is 1. The number of carbonyl (C=O) groups is 1. The minimum Gasteiger partial charge on any atom is -0.477 e. The fraction of sp³-hybridized carbons (Fsp3) is 0.333. The van der Waals surface area contributed by atoms with Gasteiger partial charge in [0.15, 0.2) is 0 Å². The summed E-state index contributed by atoms with van der Waals surface area (Å²) in [7, 11) is 0. The first-order chi connectivity index (χ1) is 9.76. The fourth-order valence-corrected chi connectivity index (χ4v) is 1.95. The number of nitrogens with one attached hydrogen (secondary N) is 1. The molecule has 2 aromatic rings.